The molecule has 0 saturated heterocycles. The lowest BCUT2D eigenvalue weighted by Crippen LogP contribution is -2.22. The first kappa shape index (κ1) is 13.2. The Labute approximate surface area is 115 Å². The van der Waals surface area contributed by atoms with E-state index in [2.05, 4.69) is 21.2 Å². The molecule has 1 N–H and O–H groups in total. The maximum atomic E-state index is 13.3. The molecule has 6 heteroatoms. The molecule has 1 aromatic heterocycles. The van der Waals surface area contributed by atoms with Crippen molar-refractivity contribution in [2.75, 3.05) is 0 Å². The second kappa shape index (κ2) is 5.58. The second-order valence-corrected chi connectivity index (χ2v) is 5.85. The van der Waals surface area contributed by atoms with Crippen LogP contribution in [0.1, 0.15) is 15.9 Å². The van der Waals surface area contributed by atoms with Crippen LogP contribution in [0.15, 0.2) is 33.4 Å². The largest absolute Gasteiger partial charge is 0.348 e. The average Bonchev–Trinajstić information content (AvgIpc) is 2.77. The molecular formula is C12H8BrF2NOS. The van der Waals surface area contributed by atoms with E-state index in [1.54, 1.807) is 11.4 Å². The minimum absolute atomic E-state index is 0.0457. The van der Waals surface area contributed by atoms with Gasteiger partial charge in [0, 0.05) is 17.5 Å². The van der Waals surface area contributed by atoms with Gasteiger partial charge in [0.1, 0.15) is 11.6 Å². The highest BCUT2D eigenvalue weighted by molar-refractivity contribution is 9.11. The highest BCUT2D eigenvalue weighted by atomic mass is 79.9. The van der Waals surface area contributed by atoms with Crippen LogP contribution in [0.3, 0.4) is 0 Å². The van der Waals surface area contributed by atoms with Gasteiger partial charge in [0.25, 0.3) is 5.91 Å². The van der Waals surface area contributed by atoms with Gasteiger partial charge in [-0.25, -0.2) is 8.78 Å². The van der Waals surface area contributed by atoms with Crippen molar-refractivity contribution >= 4 is 33.2 Å². The van der Waals surface area contributed by atoms with Gasteiger partial charge in [-0.05, 0) is 40.2 Å². The number of halogens is 3. The molecule has 0 saturated carbocycles. The molecule has 0 bridgehead atoms. The summed E-state index contributed by atoms with van der Waals surface area (Å²) in [5.74, 6) is -1.39. The van der Waals surface area contributed by atoms with Crippen molar-refractivity contribution in [1.29, 1.82) is 0 Å². The van der Waals surface area contributed by atoms with E-state index in [-0.39, 0.29) is 18.0 Å². The first-order valence-corrected chi connectivity index (χ1v) is 6.69. The van der Waals surface area contributed by atoms with E-state index in [0.717, 1.165) is 22.0 Å². The smallest absolute Gasteiger partial charge is 0.252 e. The summed E-state index contributed by atoms with van der Waals surface area (Å²) in [5, 5.41) is 4.22. The molecule has 1 heterocycles. The first-order valence-electron chi connectivity index (χ1n) is 5.02. The Morgan fingerprint density at radius 3 is 2.78 bits per heavy atom. The molecule has 18 heavy (non-hydrogen) atoms. The fraction of sp³-hybridized carbons (Fsp3) is 0.0833. The number of rotatable bonds is 3. The highest BCUT2D eigenvalue weighted by Crippen LogP contribution is 2.20. The Morgan fingerprint density at radius 2 is 2.11 bits per heavy atom. The number of carbonyl (C=O) groups is 1. The summed E-state index contributed by atoms with van der Waals surface area (Å²) in [4.78, 5) is 11.7. The molecule has 2 rings (SSSR count). The van der Waals surface area contributed by atoms with Gasteiger partial charge in [0.2, 0.25) is 0 Å². The highest BCUT2D eigenvalue weighted by Gasteiger charge is 2.09. The lowest BCUT2D eigenvalue weighted by atomic mass is 10.2. The van der Waals surface area contributed by atoms with E-state index in [0.29, 0.717) is 5.56 Å². The fourth-order valence-electron chi connectivity index (χ4n) is 1.39. The number of hydrogen-bond donors (Lipinski definition) is 1. The van der Waals surface area contributed by atoms with E-state index < -0.39 is 11.6 Å². The lowest BCUT2D eigenvalue weighted by Gasteiger charge is -2.05. The molecule has 0 fully saturated rings. The number of amides is 1. The summed E-state index contributed by atoms with van der Waals surface area (Å²) in [6.45, 7) is -0.0457. The van der Waals surface area contributed by atoms with Gasteiger partial charge in [-0.2, -0.15) is 0 Å². The zero-order valence-corrected chi connectivity index (χ0v) is 11.4. The molecule has 0 unspecified atom stereocenters. The summed E-state index contributed by atoms with van der Waals surface area (Å²) in [6, 6.07) is 4.82. The minimum atomic E-state index is -0.539. The van der Waals surface area contributed by atoms with E-state index in [1.807, 2.05) is 0 Å². The Bertz CT molecular complexity index is 585. The van der Waals surface area contributed by atoms with Crippen LogP contribution >= 0.6 is 27.3 Å². The summed E-state index contributed by atoms with van der Waals surface area (Å²) in [5.41, 5.74) is 0.612. The molecule has 0 aliphatic rings. The Hall–Kier alpha value is -1.27. The van der Waals surface area contributed by atoms with E-state index in [9.17, 15) is 13.6 Å². The van der Waals surface area contributed by atoms with Crippen molar-refractivity contribution in [2.45, 2.75) is 6.54 Å². The second-order valence-electron chi connectivity index (χ2n) is 3.56. The third-order valence-electron chi connectivity index (χ3n) is 2.28. The Morgan fingerprint density at radius 1 is 1.33 bits per heavy atom. The van der Waals surface area contributed by atoms with Crippen molar-refractivity contribution in [3.05, 3.63) is 56.2 Å². The molecule has 0 atom stereocenters. The Kier molecular flexibility index (Phi) is 4.08. The van der Waals surface area contributed by atoms with Crippen LogP contribution in [0.25, 0.3) is 0 Å². The third-order valence-corrected chi connectivity index (χ3v) is 3.78. The number of hydrogen-bond acceptors (Lipinski definition) is 2. The summed E-state index contributed by atoms with van der Waals surface area (Å²) in [7, 11) is 0. The summed E-state index contributed by atoms with van der Waals surface area (Å²) in [6.07, 6.45) is 0. The van der Waals surface area contributed by atoms with E-state index in [4.69, 9.17) is 0 Å². The Balaban J connectivity index is 2.03. The van der Waals surface area contributed by atoms with Crippen LogP contribution in [-0.2, 0) is 6.54 Å². The van der Waals surface area contributed by atoms with Crippen LogP contribution in [0.4, 0.5) is 8.78 Å². The fourth-order valence-corrected chi connectivity index (χ4v) is 2.52. The summed E-state index contributed by atoms with van der Waals surface area (Å²) < 4.78 is 27.1. The molecule has 94 valence electrons. The van der Waals surface area contributed by atoms with Gasteiger partial charge in [-0.15, -0.1) is 11.3 Å². The monoisotopic (exact) mass is 331 g/mol. The first-order chi connectivity index (χ1) is 8.56. The normalized spacial score (nSPS) is 10.4. The summed E-state index contributed by atoms with van der Waals surface area (Å²) >= 11 is 4.63. The zero-order valence-electron chi connectivity index (χ0n) is 9.04. The van der Waals surface area contributed by atoms with Crippen molar-refractivity contribution in [2.24, 2.45) is 0 Å². The molecule has 2 nitrogen and oxygen atoms in total. The molecule has 1 aromatic carbocycles. The molecule has 0 radical (unpaired) electrons. The van der Waals surface area contributed by atoms with Gasteiger partial charge in [-0.3, -0.25) is 4.79 Å². The molecule has 1 amide bonds. The maximum Gasteiger partial charge on any atom is 0.252 e. The van der Waals surface area contributed by atoms with Crippen LogP contribution in [-0.4, -0.2) is 5.91 Å². The van der Waals surface area contributed by atoms with Gasteiger partial charge in [0.15, 0.2) is 0 Å². The number of carbonyl (C=O) groups excluding carboxylic acids is 1. The van der Waals surface area contributed by atoms with Crippen molar-refractivity contribution in [3.8, 4) is 0 Å². The minimum Gasteiger partial charge on any atom is -0.348 e. The quantitative estimate of drug-likeness (QED) is 0.912. The molecule has 2 aromatic rings. The number of nitrogens with one attached hydrogen (secondary N) is 1. The van der Waals surface area contributed by atoms with Gasteiger partial charge >= 0.3 is 0 Å². The van der Waals surface area contributed by atoms with E-state index in [1.165, 1.54) is 11.3 Å². The van der Waals surface area contributed by atoms with Crippen LogP contribution in [0.2, 0.25) is 0 Å². The predicted molar refractivity (Wildman–Crippen MR) is 69.5 cm³/mol. The number of benzene rings is 1. The average molecular weight is 332 g/mol. The number of thiophene rings is 1. The van der Waals surface area contributed by atoms with Crippen molar-refractivity contribution < 1.29 is 13.6 Å². The van der Waals surface area contributed by atoms with E-state index >= 15 is 0 Å². The predicted octanol–water partition coefficient (Wildman–Crippen LogP) is 3.72. The van der Waals surface area contributed by atoms with Crippen LogP contribution in [0, 0.1) is 11.6 Å². The van der Waals surface area contributed by atoms with Crippen molar-refractivity contribution in [3.63, 3.8) is 0 Å². The van der Waals surface area contributed by atoms with Crippen LogP contribution in [0.5, 0.6) is 0 Å². The third kappa shape index (κ3) is 3.14. The zero-order chi connectivity index (χ0) is 13.1. The van der Waals surface area contributed by atoms with Gasteiger partial charge < -0.3 is 5.32 Å². The van der Waals surface area contributed by atoms with Gasteiger partial charge in [0.05, 0.1) is 9.35 Å². The van der Waals surface area contributed by atoms with Gasteiger partial charge in [-0.1, -0.05) is 0 Å². The molecule has 0 aliphatic carbocycles. The SMILES string of the molecule is O=C(NCc1cc(F)ccc1F)c1csc(Br)c1. The molecule has 0 aliphatic heterocycles. The van der Waals surface area contributed by atoms with Crippen molar-refractivity contribution in [1.82, 2.24) is 5.32 Å². The molecule has 0 spiro atoms. The topological polar surface area (TPSA) is 29.1 Å². The maximum absolute atomic E-state index is 13.3. The standard InChI is InChI=1S/C12H8BrF2NOS/c13-11-4-8(6-18-11)12(17)16-5-7-3-9(14)1-2-10(7)15/h1-4,6H,5H2,(H,16,17). The lowest BCUT2D eigenvalue weighted by molar-refractivity contribution is 0.0951. The molecular weight excluding hydrogens is 324 g/mol. The van der Waals surface area contributed by atoms with Crippen LogP contribution < -0.4 is 5.32 Å².